The Morgan fingerprint density at radius 2 is 1.32 bits per heavy atom. The summed E-state index contributed by atoms with van der Waals surface area (Å²) in [6.07, 6.45) is -0.602. The minimum Gasteiger partial charge on any atom is -0.384 e. The van der Waals surface area contributed by atoms with Crippen LogP contribution in [0.4, 0.5) is 0 Å². The predicted molar refractivity (Wildman–Crippen MR) is 86.6 cm³/mol. The number of rotatable bonds is 2. The highest BCUT2D eigenvalue weighted by atomic mass is 79.9. The van der Waals surface area contributed by atoms with Crippen LogP contribution < -0.4 is 0 Å². The fraction of sp³-hybridized carbons (Fsp3) is 0.250. The van der Waals surface area contributed by atoms with E-state index in [0.29, 0.717) is 0 Å². The Kier molecular flexibility index (Phi) is 4.49. The van der Waals surface area contributed by atoms with E-state index in [9.17, 15) is 5.11 Å². The molecule has 0 aliphatic carbocycles. The molecule has 0 aliphatic rings. The van der Waals surface area contributed by atoms with Crippen LogP contribution in [0, 0.1) is 20.8 Å². The van der Waals surface area contributed by atoms with Crippen molar-refractivity contribution in [1.82, 2.24) is 0 Å². The molecule has 19 heavy (non-hydrogen) atoms. The lowest BCUT2D eigenvalue weighted by molar-refractivity contribution is 0.218. The fourth-order valence-electron chi connectivity index (χ4n) is 2.52. The minimum absolute atomic E-state index is 0.602. The van der Waals surface area contributed by atoms with Gasteiger partial charge >= 0.3 is 0 Å². The molecule has 0 bridgehead atoms. The maximum absolute atomic E-state index is 10.7. The number of halogens is 2. The molecule has 1 N–H and O–H groups in total. The van der Waals surface area contributed by atoms with Crippen LogP contribution in [0.15, 0.2) is 39.3 Å². The Labute approximate surface area is 130 Å². The molecule has 2 rings (SSSR count). The van der Waals surface area contributed by atoms with Crippen molar-refractivity contribution >= 4 is 31.9 Å². The van der Waals surface area contributed by atoms with Crippen LogP contribution in [0.3, 0.4) is 0 Å². The average molecular weight is 384 g/mol. The third kappa shape index (κ3) is 3.28. The van der Waals surface area contributed by atoms with E-state index in [1.165, 1.54) is 5.56 Å². The van der Waals surface area contributed by atoms with Gasteiger partial charge < -0.3 is 5.11 Å². The standard InChI is InChI=1S/C16H16Br2O/c1-9-4-10(2)15(11(3)5-9)16(19)12-6-13(17)8-14(18)7-12/h4-8,16,19H,1-3H3. The van der Waals surface area contributed by atoms with Gasteiger partial charge in [-0.15, -0.1) is 0 Å². The third-order valence-electron chi connectivity index (χ3n) is 3.21. The predicted octanol–water partition coefficient (Wildman–Crippen LogP) is 5.22. The lowest BCUT2D eigenvalue weighted by Gasteiger charge is -2.18. The first-order valence-electron chi connectivity index (χ1n) is 6.10. The molecular weight excluding hydrogens is 368 g/mol. The Morgan fingerprint density at radius 3 is 1.79 bits per heavy atom. The maximum Gasteiger partial charge on any atom is 0.105 e. The van der Waals surface area contributed by atoms with Gasteiger partial charge in [0.1, 0.15) is 6.10 Å². The van der Waals surface area contributed by atoms with Crippen LogP contribution in [-0.2, 0) is 0 Å². The molecule has 0 saturated heterocycles. The molecule has 0 aliphatic heterocycles. The summed E-state index contributed by atoms with van der Waals surface area (Å²) in [6.45, 7) is 6.17. The zero-order valence-corrected chi connectivity index (χ0v) is 14.3. The summed E-state index contributed by atoms with van der Waals surface area (Å²) in [5.74, 6) is 0. The summed E-state index contributed by atoms with van der Waals surface area (Å²) in [6, 6.07) is 10.1. The van der Waals surface area contributed by atoms with Crippen LogP contribution in [0.5, 0.6) is 0 Å². The van der Waals surface area contributed by atoms with Gasteiger partial charge in [0.2, 0.25) is 0 Å². The molecule has 0 aromatic heterocycles. The van der Waals surface area contributed by atoms with Gasteiger partial charge in [-0.3, -0.25) is 0 Å². The zero-order chi connectivity index (χ0) is 14.2. The normalized spacial score (nSPS) is 12.5. The number of benzene rings is 2. The van der Waals surface area contributed by atoms with Crippen molar-refractivity contribution in [1.29, 1.82) is 0 Å². The van der Waals surface area contributed by atoms with Crippen molar-refractivity contribution in [3.8, 4) is 0 Å². The second-order valence-electron chi connectivity index (χ2n) is 4.92. The summed E-state index contributed by atoms with van der Waals surface area (Å²) in [5, 5.41) is 10.7. The van der Waals surface area contributed by atoms with Gasteiger partial charge in [0.25, 0.3) is 0 Å². The van der Waals surface area contributed by atoms with Gasteiger partial charge in [-0.25, -0.2) is 0 Å². The van der Waals surface area contributed by atoms with Gasteiger partial charge in [-0.1, -0.05) is 49.6 Å². The average Bonchev–Trinajstić information content (AvgIpc) is 2.25. The van der Waals surface area contributed by atoms with E-state index in [1.54, 1.807) is 0 Å². The molecule has 100 valence electrons. The molecule has 0 radical (unpaired) electrons. The highest BCUT2D eigenvalue weighted by Gasteiger charge is 2.16. The van der Waals surface area contributed by atoms with Crippen molar-refractivity contribution in [3.63, 3.8) is 0 Å². The molecule has 2 aromatic carbocycles. The van der Waals surface area contributed by atoms with Crippen LogP contribution in [0.1, 0.15) is 33.9 Å². The van der Waals surface area contributed by atoms with E-state index >= 15 is 0 Å². The number of hydrogen-bond acceptors (Lipinski definition) is 1. The maximum atomic E-state index is 10.7. The summed E-state index contributed by atoms with van der Waals surface area (Å²) in [7, 11) is 0. The van der Waals surface area contributed by atoms with E-state index < -0.39 is 6.10 Å². The molecule has 3 heteroatoms. The second kappa shape index (κ2) is 5.78. The molecule has 1 unspecified atom stereocenters. The van der Waals surface area contributed by atoms with Gasteiger partial charge in [-0.2, -0.15) is 0 Å². The summed E-state index contributed by atoms with van der Waals surface area (Å²) < 4.78 is 1.91. The van der Waals surface area contributed by atoms with Crippen LogP contribution in [-0.4, -0.2) is 5.11 Å². The Bertz CT molecular complexity index is 577. The largest absolute Gasteiger partial charge is 0.384 e. The first-order valence-corrected chi connectivity index (χ1v) is 7.69. The van der Waals surface area contributed by atoms with Crippen LogP contribution in [0.25, 0.3) is 0 Å². The number of aliphatic hydroxyl groups excluding tert-OH is 1. The van der Waals surface area contributed by atoms with E-state index in [1.807, 2.05) is 32.0 Å². The number of aliphatic hydroxyl groups is 1. The van der Waals surface area contributed by atoms with Crippen molar-refractivity contribution < 1.29 is 5.11 Å². The highest BCUT2D eigenvalue weighted by molar-refractivity contribution is 9.11. The van der Waals surface area contributed by atoms with E-state index in [0.717, 1.165) is 31.2 Å². The summed E-state index contributed by atoms with van der Waals surface area (Å²) in [4.78, 5) is 0. The molecule has 1 atom stereocenters. The molecule has 0 amide bonds. The molecule has 0 saturated carbocycles. The lowest BCUT2D eigenvalue weighted by Crippen LogP contribution is -2.05. The highest BCUT2D eigenvalue weighted by Crippen LogP contribution is 2.32. The molecule has 0 spiro atoms. The molecule has 0 fully saturated rings. The van der Waals surface area contributed by atoms with Gasteiger partial charge in [0.05, 0.1) is 0 Å². The Balaban J connectivity index is 2.52. The van der Waals surface area contributed by atoms with Gasteiger partial charge in [0.15, 0.2) is 0 Å². The van der Waals surface area contributed by atoms with Crippen molar-refractivity contribution in [2.24, 2.45) is 0 Å². The summed E-state index contributed by atoms with van der Waals surface area (Å²) >= 11 is 6.92. The quantitative estimate of drug-likeness (QED) is 0.753. The number of hydrogen-bond donors (Lipinski definition) is 1. The van der Waals surface area contributed by atoms with Gasteiger partial charge in [0, 0.05) is 8.95 Å². The second-order valence-corrected chi connectivity index (χ2v) is 6.75. The monoisotopic (exact) mass is 382 g/mol. The SMILES string of the molecule is Cc1cc(C)c(C(O)c2cc(Br)cc(Br)c2)c(C)c1. The van der Waals surface area contributed by atoms with Crippen molar-refractivity contribution in [2.75, 3.05) is 0 Å². The smallest absolute Gasteiger partial charge is 0.105 e. The Hall–Kier alpha value is -0.640. The number of aryl methyl sites for hydroxylation is 3. The van der Waals surface area contributed by atoms with E-state index in [-0.39, 0.29) is 0 Å². The minimum atomic E-state index is -0.602. The third-order valence-corrected chi connectivity index (χ3v) is 4.13. The first kappa shape index (κ1) is 14.8. The van der Waals surface area contributed by atoms with Crippen molar-refractivity contribution in [3.05, 3.63) is 67.1 Å². The molecule has 0 heterocycles. The molecular formula is C16H16Br2O. The van der Waals surface area contributed by atoms with E-state index in [2.05, 4.69) is 50.9 Å². The Morgan fingerprint density at radius 1 is 0.842 bits per heavy atom. The summed E-state index contributed by atoms with van der Waals surface area (Å²) in [5.41, 5.74) is 5.36. The van der Waals surface area contributed by atoms with Crippen LogP contribution in [0.2, 0.25) is 0 Å². The van der Waals surface area contributed by atoms with Gasteiger partial charge in [-0.05, 0) is 61.2 Å². The van der Waals surface area contributed by atoms with Crippen molar-refractivity contribution in [2.45, 2.75) is 26.9 Å². The topological polar surface area (TPSA) is 20.2 Å². The first-order chi connectivity index (χ1) is 8.88. The molecule has 1 nitrogen and oxygen atoms in total. The van der Waals surface area contributed by atoms with Crippen LogP contribution >= 0.6 is 31.9 Å². The lowest BCUT2D eigenvalue weighted by atomic mass is 9.92. The van der Waals surface area contributed by atoms with E-state index in [4.69, 9.17) is 0 Å². The molecule has 2 aromatic rings. The fourth-order valence-corrected chi connectivity index (χ4v) is 3.85. The zero-order valence-electron chi connectivity index (χ0n) is 11.2.